The zero-order valence-electron chi connectivity index (χ0n) is 9.82. The summed E-state index contributed by atoms with van der Waals surface area (Å²) in [6.45, 7) is 5.34. The number of hydrazine groups is 1. The first-order chi connectivity index (χ1) is 7.60. The molecule has 1 rings (SSSR count). The first-order valence-corrected chi connectivity index (χ1v) is 5.63. The van der Waals surface area contributed by atoms with Gasteiger partial charge in [0.1, 0.15) is 0 Å². The molecule has 0 aromatic carbocycles. The number of carbonyl (C=O) groups excluding carboxylic acids is 2. The number of piperazine rings is 1. The van der Waals surface area contributed by atoms with E-state index in [1.54, 1.807) is 0 Å². The zero-order chi connectivity index (χ0) is 12.1. The van der Waals surface area contributed by atoms with Crippen molar-refractivity contribution in [2.24, 2.45) is 5.84 Å². The molecule has 0 aromatic heterocycles. The Hall–Kier alpha value is -1.14. The molecule has 2 unspecified atom stereocenters. The van der Waals surface area contributed by atoms with Gasteiger partial charge in [0.05, 0.1) is 6.04 Å². The summed E-state index contributed by atoms with van der Waals surface area (Å²) >= 11 is 0. The SMILES string of the molecule is CCC1C(=O)NCCN1C(C)CC(=O)NN. The summed E-state index contributed by atoms with van der Waals surface area (Å²) in [6, 6.07) is -0.103. The van der Waals surface area contributed by atoms with Gasteiger partial charge in [-0.1, -0.05) is 6.92 Å². The molecule has 0 aromatic rings. The smallest absolute Gasteiger partial charge is 0.237 e. The molecule has 0 aliphatic carbocycles. The Morgan fingerprint density at radius 2 is 2.44 bits per heavy atom. The number of nitrogens with zero attached hydrogens (tertiary/aromatic N) is 1. The minimum absolute atomic E-state index is 0.0274. The molecule has 16 heavy (non-hydrogen) atoms. The summed E-state index contributed by atoms with van der Waals surface area (Å²) in [5.41, 5.74) is 2.11. The van der Waals surface area contributed by atoms with Gasteiger partial charge in [-0.15, -0.1) is 0 Å². The van der Waals surface area contributed by atoms with Gasteiger partial charge in [0.2, 0.25) is 11.8 Å². The van der Waals surface area contributed by atoms with Gasteiger partial charge in [0.15, 0.2) is 0 Å². The van der Waals surface area contributed by atoms with Crippen LogP contribution in [0.15, 0.2) is 0 Å². The van der Waals surface area contributed by atoms with Crippen LogP contribution in [-0.2, 0) is 9.59 Å². The van der Waals surface area contributed by atoms with E-state index in [2.05, 4.69) is 15.6 Å². The molecule has 6 heteroatoms. The van der Waals surface area contributed by atoms with E-state index in [-0.39, 0.29) is 23.9 Å². The molecule has 1 saturated heterocycles. The molecular weight excluding hydrogens is 208 g/mol. The van der Waals surface area contributed by atoms with Crippen molar-refractivity contribution in [2.75, 3.05) is 13.1 Å². The number of nitrogens with one attached hydrogen (secondary N) is 2. The van der Waals surface area contributed by atoms with Crippen LogP contribution < -0.4 is 16.6 Å². The van der Waals surface area contributed by atoms with Gasteiger partial charge in [-0.25, -0.2) is 5.84 Å². The first-order valence-electron chi connectivity index (χ1n) is 5.63. The van der Waals surface area contributed by atoms with Crippen LogP contribution in [0, 0.1) is 0 Å². The van der Waals surface area contributed by atoms with E-state index in [1.807, 2.05) is 13.8 Å². The first kappa shape index (κ1) is 12.9. The van der Waals surface area contributed by atoms with Gasteiger partial charge in [-0.2, -0.15) is 0 Å². The van der Waals surface area contributed by atoms with Crippen molar-refractivity contribution in [3.05, 3.63) is 0 Å². The molecule has 0 saturated carbocycles. The lowest BCUT2D eigenvalue weighted by Crippen LogP contribution is -2.58. The van der Waals surface area contributed by atoms with Crippen LogP contribution in [0.3, 0.4) is 0 Å². The fourth-order valence-electron chi connectivity index (χ4n) is 2.12. The summed E-state index contributed by atoms with van der Waals surface area (Å²) < 4.78 is 0. The molecule has 4 N–H and O–H groups in total. The Labute approximate surface area is 95.5 Å². The summed E-state index contributed by atoms with van der Waals surface area (Å²) in [5, 5.41) is 2.83. The average Bonchev–Trinajstić information content (AvgIpc) is 2.28. The van der Waals surface area contributed by atoms with E-state index in [9.17, 15) is 9.59 Å². The minimum Gasteiger partial charge on any atom is -0.353 e. The summed E-state index contributed by atoms with van der Waals surface area (Å²) in [7, 11) is 0. The molecule has 1 aliphatic heterocycles. The highest BCUT2D eigenvalue weighted by Crippen LogP contribution is 2.14. The average molecular weight is 228 g/mol. The molecule has 0 radical (unpaired) electrons. The highest BCUT2D eigenvalue weighted by Gasteiger charge is 2.31. The fourth-order valence-corrected chi connectivity index (χ4v) is 2.12. The third kappa shape index (κ3) is 2.93. The highest BCUT2D eigenvalue weighted by molar-refractivity contribution is 5.82. The van der Waals surface area contributed by atoms with Crippen LogP contribution in [0.5, 0.6) is 0 Å². The predicted octanol–water partition coefficient (Wildman–Crippen LogP) is -1.03. The Kier molecular flexibility index (Phi) is 4.70. The lowest BCUT2D eigenvalue weighted by molar-refractivity contribution is -0.132. The number of nitrogens with two attached hydrogens (primary N) is 1. The summed E-state index contributed by atoms with van der Waals surface area (Å²) in [6.07, 6.45) is 1.07. The van der Waals surface area contributed by atoms with Crippen molar-refractivity contribution in [2.45, 2.75) is 38.8 Å². The van der Waals surface area contributed by atoms with Crippen molar-refractivity contribution < 1.29 is 9.59 Å². The van der Waals surface area contributed by atoms with Crippen LogP contribution in [-0.4, -0.2) is 41.9 Å². The molecule has 1 fully saturated rings. The standard InChI is InChI=1S/C10H20N4O2/c1-3-8-10(16)12-4-5-14(8)7(2)6-9(15)13-11/h7-8H,3-6,11H2,1-2H3,(H,12,16)(H,13,15). The van der Waals surface area contributed by atoms with E-state index >= 15 is 0 Å². The fraction of sp³-hybridized carbons (Fsp3) is 0.800. The molecule has 2 amide bonds. The highest BCUT2D eigenvalue weighted by atomic mass is 16.2. The topological polar surface area (TPSA) is 87.5 Å². The molecule has 0 bridgehead atoms. The Morgan fingerprint density at radius 1 is 1.75 bits per heavy atom. The second kappa shape index (κ2) is 5.81. The van der Waals surface area contributed by atoms with Crippen molar-refractivity contribution in [3.63, 3.8) is 0 Å². The molecule has 92 valence electrons. The van der Waals surface area contributed by atoms with Crippen LogP contribution in [0.2, 0.25) is 0 Å². The number of hydrogen-bond acceptors (Lipinski definition) is 4. The van der Waals surface area contributed by atoms with E-state index in [0.29, 0.717) is 13.0 Å². The van der Waals surface area contributed by atoms with E-state index < -0.39 is 0 Å². The number of carbonyl (C=O) groups is 2. The Balaban J connectivity index is 2.61. The van der Waals surface area contributed by atoms with Gasteiger partial charge >= 0.3 is 0 Å². The molecule has 1 heterocycles. The summed E-state index contributed by atoms with van der Waals surface area (Å²) in [5.74, 6) is 4.90. The van der Waals surface area contributed by atoms with Gasteiger partial charge < -0.3 is 5.32 Å². The molecule has 1 aliphatic rings. The largest absolute Gasteiger partial charge is 0.353 e. The maximum atomic E-state index is 11.6. The Bertz CT molecular complexity index is 270. The number of rotatable bonds is 4. The van der Waals surface area contributed by atoms with Gasteiger partial charge in [-0.3, -0.25) is 19.9 Å². The molecule has 2 atom stereocenters. The zero-order valence-corrected chi connectivity index (χ0v) is 9.82. The Morgan fingerprint density at radius 3 is 3.00 bits per heavy atom. The monoisotopic (exact) mass is 228 g/mol. The van der Waals surface area contributed by atoms with E-state index in [0.717, 1.165) is 13.0 Å². The normalized spacial score (nSPS) is 23.7. The van der Waals surface area contributed by atoms with Crippen LogP contribution in [0.25, 0.3) is 0 Å². The molecule has 0 spiro atoms. The minimum atomic E-state index is -0.201. The second-order valence-corrected chi connectivity index (χ2v) is 4.07. The lowest BCUT2D eigenvalue weighted by Gasteiger charge is -2.38. The third-order valence-electron chi connectivity index (χ3n) is 2.97. The third-order valence-corrected chi connectivity index (χ3v) is 2.97. The maximum absolute atomic E-state index is 11.6. The molecular formula is C10H20N4O2. The quantitative estimate of drug-likeness (QED) is 0.326. The van der Waals surface area contributed by atoms with Gasteiger partial charge in [0.25, 0.3) is 0 Å². The van der Waals surface area contributed by atoms with Crippen LogP contribution in [0.1, 0.15) is 26.7 Å². The molecule has 6 nitrogen and oxygen atoms in total. The van der Waals surface area contributed by atoms with E-state index in [4.69, 9.17) is 5.84 Å². The van der Waals surface area contributed by atoms with Crippen LogP contribution in [0.4, 0.5) is 0 Å². The number of hydrogen-bond donors (Lipinski definition) is 3. The van der Waals surface area contributed by atoms with Crippen molar-refractivity contribution >= 4 is 11.8 Å². The maximum Gasteiger partial charge on any atom is 0.237 e. The van der Waals surface area contributed by atoms with Crippen molar-refractivity contribution in [3.8, 4) is 0 Å². The van der Waals surface area contributed by atoms with Gasteiger partial charge in [-0.05, 0) is 13.3 Å². The van der Waals surface area contributed by atoms with Crippen molar-refractivity contribution in [1.29, 1.82) is 0 Å². The van der Waals surface area contributed by atoms with Crippen molar-refractivity contribution in [1.82, 2.24) is 15.6 Å². The summed E-state index contributed by atoms with van der Waals surface area (Å²) in [4.78, 5) is 24.9. The lowest BCUT2D eigenvalue weighted by atomic mass is 10.1. The van der Waals surface area contributed by atoms with Gasteiger partial charge in [0, 0.05) is 25.6 Å². The van der Waals surface area contributed by atoms with Crippen LogP contribution >= 0.6 is 0 Å². The predicted molar refractivity (Wildman–Crippen MR) is 60.2 cm³/mol. The second-order valence-electron chi connectivity index (χ2n) is 4.07. The van der Waals surface area contributed by atoms with E-state index in [1.165, 1.54) is 0 Å². The number of amides is 2.